The fourth-order valence-corrected chi connectivity index (χ4v) is 5.99. The maximum absolute atomic E-state index is 13.4. The molecule has 2 rings (SSSR count). The highest BCUT2D eigenvalue weighted by atomic mass is 32.2. The van der Waals surface area contributed by atoms with E-state index in [1.54, 1.807) is 23.3 Å². The lowest BCUT2D eigenvalue weighted by atomic mass is 9.95. The normalized spacial score (nSPS) is 17.8. The first kappa shape index (κ1) is 21.9. The number of hydrogen-bond acceptors (Lipinski definition) is 3. The van der Waals surface area contributed by atoms with Gasteiger partial charge in [0.15, 0.2) is 6.04 Å². The number of rotatable bonds is 4. The van der Waals surface area contributed by atoms with Gasteiger partial charge in [-0.1, -0.05) is 0 Å². The van der Waals surface area contributed by atoms with Crippen LogP contribution in [0.1, 0.15) is 34.7 Å². The number of benzene rings is 1. The molecule has 0 aromatic heterocycles. The minimum Gasteiger partial charge on any atom is -0.344 e. The van der Waals surface area contributed by atoms with E-state index in [-0.39, 0.29) is 11.9 Å². The van der Waals surface area contributed by atoms with Crippen molar-refractivity contribution in [3.05, 3.63) is 27.8 Å². The molecule has 6 nitrogen and oxygen atoms in total. The minimum absolute atomic E-state index is 0.0813. The van der Waals surface area contributed by atoms with E-state index in [1.165, 1.54) is 0 Å². The number of sulfonamides is 1. The Kier molecular flexibility index (Phi) is 6.39. The smallest absolute Gasteiger partial charge is 0.280 e. The average Bonchev–Trinajstić information content (AvgIpc) is 2.63. The Hall–Kier alpha value is -1.44. The Bertz CT molecular complexity index is 810. The molecule has 0 bridgehead atoms. The zero-order valence-corrected chi connectivity index (χ0v) is 18.7. The molecule has 1 aromatic carbocycles. The Labute approximate surface area is 164 Å². The van der Waals surface area contributed by atoms with Gasteiger partial charge in [-0.05, 0) is 69.4 Å². The molecule has 1 saturated heterocycles. The highest BCUT2D eigenvalue weighted by Crippen LogP contribution is 2.31. The van der Waals surface area contributed by atoms with E-state index in [2.05, 4.69) is 0 Å². The third kappa shape index (κ3) is 3.91. The van der Waals surface area contributed by atoms with Crippen molar-refractivity contribution < 1.29 is 18.1 Å². The molecule has 1 amide bonds. The molecule has 0 saturated carbocycles. The maximum Gasteiger partial charge on any atom is 0.280 e. The molecule has 0 spiro atoms. The first-order valence-corrected chi connectivity index (χ1v) is 11.0. The van der Waals surface area contributed by atoms with Crippen LogP contribution in [0, 0.1) is 34.6 Å². The second-order valence-corrected chi connectivity index (χ2v) is 9.85. The van der Waals surface area contributed by atoms with Gasteiger partial charge in [-0.15, -0.1) is 0 Å². The Balaban J connectivity index is 2.28. The number of likely N-dealkylation sites (N-methyl/N-ethyl adjacent to an activating group) is 1. The van der Waals surface area contributed by atoms with Crippen molar-refractivity contribution in [2.45, 2.75) is 52.5 Å². The molecule has 0 aliphatic carbocycles. The summed E-state index contributed by atoms with van der Waals surface area (Å²) in [6.07, 6.45) is 0. The fourth-order valence-electron chi connectivity index (χ4n) is 3.99. The summed E-state index contributed by atoms with van der Waals surface area (Å²) in [4.78, 5) is 15.4. The van der Waals surface area contributed by atoms with Crippen LogP contribution in [0.15, 0.2) is 4.90 Å². The van der Waals surface area contributed by atoms with E-state index < -0.39 is 10.0 Å². The number of hydrogen-bond donors (Lipinski definition) is 1. The van der Waals surface area contributed by atoms with Crippen LogP contribution in [-0.4, -0.2) is 69.8 Å². The molecule has 1 aliphatic heterocycles. The molecule has 0 unspecified atom stereocenters. The number of carbonyl (C=O) groups is 1. The zero-order valence-electron chi connectivity index (χ0n) is 17.9. The maximum atomic E-state index is 13.4. The van der Waals surface area contributed by atoms with Crippen molar-refractivity contribution >= 4 is 15.9 Å². The molecule has 27 heavy (non-hydrogen) atoms. The molecule has 1 atom stereocenters. The van der Waals surface area contributed by atoms with E-state index in [0.717, 1.165) is 32.7 Å². The average molecular weight is 397 g/mol. The van der Waals surface area contributed by atoms with Crippen LogP contribution in [0.25, 0.3) is 0 Å². The van der Waals surface area contributed by atoms with Gasteiger partial charge in [-0.2, -0.15) is 4.31 Å². The standard InChI is InChI=1S/C20H33N3O3S/c1-13-14(2)16(4)19(17(5)15(13)3)27(25,26)23-11-9-22(10-12-23)18(6)20(24)21(7)8/h18H,9-12H2,1-8H3/p+1/t18-/m1/s1. The minimum atomic E-state index is -3.55. The lowest BCUT2D eigenvalue weighted by Crippen LogP contribution is -3.19. The first-order valence-electron chi connectivity index (χ1n) is 9.54. The van der Waals surface area contributed by atoms with Gasteiger partial charge < -0.3 is 9.80 Å². The monoisotopic (exact) mass is 396 g/mol. The van der Waals surface area contributed by atoms with Crippen LogP contribution in [0.5, 0.6) is 0 Å². The van der Waals surface area contributed by atoms with Crippen molar-refractivity contribution in [1.29, 1.82) is 0 Å². The Morgan fingerprint density at radius 3 is 1.74 bits per heavy atom. The predicted molar refractivity (Wildman–Crippen MR) is 108 cm³/mol. The van der Waals surface area contributed by atoms with Gasteiger partial charge in [-0.3, -0.25) is 4.79 Å². The zero-order chi connectivity index (χ0) is 20.7. The SMILES string of the molecule is Cc1c(C)c(C)c(S(=O)(=O)N2CC[NH+]([C@H](C)C(=O)N(C)C)CC2)c(C)c1C. The van der Waals surface area contributed by atoms with Gasteiger partial charge in [0.2, 0.25) is 10.0 Å². The van der Waals surface area contributed by atoms with Crippen LogP contribution < -0.4 is 4.90 Å². The van der Waals surface area contributed by atoms with Gasteiger partial charge >= 0.3 is 0 Å². The number of nitrogens with one attached hydrogen (secondary N) is 1. The summed E-state index contributed by atoms with van der Waals surface area (Å²) in [5.74, 6) is 0.0813. The lowest BCUT2D eigenvalue weighted by Gasteiger charge is -2.35. The Morgan fingerprint density at radius 2 is 1.33 bits per heavy atom. The van der Waals surface area contributed by atoms with Crippen molar-refractivity contribution in [2.75, 3.05) is 40.3 Å². The van der Waals surface area contributed by atoms with Crippen molar-refractivity contribution in [1.82, 2.24) is 9.21 Å². The largest absolute Gasteiger partial charge is 0.344 e. The quantitative estimate of drug-likeness (QED) is 0.811. The van der Waals surface area contributed by atoms with Crippen molar-refractivity contribution in [3.63, 3.8) is 0 Å². The van der Waals surface area contributed by atoms with Crippen LogP contribution in [0.2, 0.25) is 0 Å². The third-order valence-electron chi connectivity index (χ3n) is 6.32. The van der Waals surface area contributed by atoms with E-state index >= 15 is 0 Å². The summed E-state index contributed by atoms with van der Waals surface area (Å²) in [6, 6.07) is -0.155. The van der Waals surface area contributed by atoms with Crippen molar-refractivity contribution in [2.24, 2.45) is 0 Å². The molecule has 1 aliphatic rings. The van der Waals surface area contributed by atoms with E-state index in [1.807, 2.05) is 41.5 Å². The van der Waals surface area contributed by atoms with Crippen LogP contribution in [0.3, 0.4) is 0 Å². The molecule has 0 radical (unpaired) electrons. The highest BCUT2D eigenvalue weighted by Gasteiger charge is 2.36. The van der Waals surface area contributed by atoms with E-state index in [9.17, 15) is 13.2 Å². The van der Waals surface area contributed by atoms with Gasteiger partial charge in [0.05, 0.1) is 31.1 Å². The molecular weight excluding hydrogens is 362 g/mol. The number of quaternary nitrogens is 1. The molecule has 1 N–H and O–H groups in total. The summed E-state index contributed by atoms with van der Waals surface area (Å²) in [6.45, 7) is 13.9. The van der Waals surface area contributed by atoms with Crippen LogP contribution in [0.4, 0.5) is 0 Å². The summed E-state index contributed by atoms with van der Waals surface area (Å²) in [5.41, 5.74) is 4.95. The fraction of sp³-hybridized carbons (Fsp3) is 0.650. The topological polar surface area (TPSA) is 62.1 Å². The number of piperazine rings is 1. The summed E-state index contributed by atoms with van der Waals surface area (Å²) in [5, 5.41) is 0. The number of carbonyl (C=O) groups excluding carboxylic acids is 1. The van der Waals surface area contributed by atoms with Crippen molar-refractivity contribution in [3.8, 4) is 0 Å². The summed E-state index contributed by atoms with van der Waals surface area (Å²) < 4.78 is 28.4. The number of nitrogens with zero attached hydrogens (tertiary/aromatic N) is 2. The molecule has 152 valence electrons. The molecule has 7 heteroatoms. The van der Waals surface area contributed by atoms with E-state index in [0.29, 0.717) is 31.1 Å². The highest BCUT2D eigenvalue weighted by molar-refractivity contribution is 7.89. The third-order valence-corrected chi connectivity index (χ3v) is 8.49. The Morgan fingerprint density at radius 1 is 0.926 bits per heavy atom. The molecular formula is C20H34N3O3S+. The lowest BCUT2D eigenvalue weighted by molar-refractivity contribution is -0.917. The van der Waals surface area contributed by atoms with Gasteiger partial charge in [0, 0.05) is 14.1 Å². The second-order valence-electron chi connectivity index (χ2n) is 7.97. The summed E-state index contributed by atoms with van der Waals surface area (Å²) in [7, 11) is -0.0331. The first-order chi connectivity index (χ1) is 12.4. The van der Waals surface area contributed by atoms with Gasteiger partial charge in [-0.25, -0.2) is 8.42 Å². The number of amides is 1. The second kappa shape index (κ2) is 7.89. The van der Waals surface area contributed by atoms with Gasteiger partial charge in [0.25, 0.3) is 5.91 Å². The predicted octanol–water partition coefficient (Wildman–Crippen LogP) is 0.595. The summed E-state index contributed by atoms with van der Waals surface area (Å²) >= 11 is 0. The molecule has 1 fully saturated rings. The van der Waals surface area contributed by atoms with E-state index in [4.69, 9.17) is 0 Å². The van der Waals surface area contributed by atoms with Crippen LogP contribution >= 0.6 is 0 Å². The van der Waals surface area contributed by atoms with Gasteiger partial charge in [0.1, 0.15) is 0 Å². The van der Waals surface area contributed by atoms with Crippen LogP contribution in [-0.2, 0) is 14.8 Å². The molecule has 1 heterocycles. The molecule has 1 aromatic rings.